The summed E-state index contributed by atoms with van der Waals surface area (Å²) in [5, 5.41) is 3.36. The molecule has 1 aliphatic heterocycles. The van der Waals surface area contributed by atoms with Crippen molar-refractivity contribution in [2.45, 2.75) is 71.2 Å². The fourth-order valence-corrected chi connectivity index (χ4v) is 6.76. The monoisotopic (exact) mass is 518 g/mol. The molecule has 36 heavy (non-hydrogen) atoms. The Hall–Kier alpha value is -2.23. The maximum atomic E-state index is 13.4. The number of H-pyrrole nitrogens is 1. The van der Waals surface area contributed by atoms with Crippen LogP contribution < -0.4 is 10.9 Å². The molecule has 0 spiro atoms. The van der Waals surface area contributed by atoms with Gasteiger partial charge in [-0.1, -0.05) is 34.1 Å². The van der Waals surface area contributed by atoms with E-state index in [1.165, 1.54) is 18.2 Å². The maximum Gasteiger partial charge on any atom is 0.252 e. The van der Waals surface area contributed by atoms with E-state index in [1.807, 2.05) is 6.92 Å². The molecular weight excluding hydrogens is 476 g/mol. The van der Waals surface area contributed by atoms with Crippen LogP contribution in [-0.4, -0.2) is 67.3 Å². The van der Waals surface area contributed by atoms with Crippen LogP contribution >= 0.6 is 0 Å². The van der Waals surface area contributed by atoms with Gasteiger partial charge in [0.2, 0.25) is 15.6 Å². The van der Waals surface area contributed by atoms with Gasteiger partial charge in [0.1, 0.15) is 0 Å². The van der Waals surface area contributed by atoms with Gasteiger partial charge in [-0.3, -0.25) is 9.59 Å². The lowest BCUT2D eigenvalue weighted by atomic mass is 10.1. The number of hydrogen-bond acceptors (Lipinski definition) is 5. The Kier molecular flexibility index (Phi) is 9.72. The average molecular weight is 519 g/mol. The number of nitrogens with zero attached hydrogens (tertiary/aromatic N) is 2. The second-order valence-electron chi connectivity index (χ2n) is 10.9. The number of rotatable bonds is 11. The number of hydrogen-bond donors (Lipinski definition) is 2. The van der Waals surface area contributed by atoms with Gasteiger partial charge in [-0.25, -0.2) is 8.42 Å². The van der Waals surface area contributed by atoms with E-state index in [0.717, 1.165) is 45.3 Å². The summed E-state index contributed by atoms with van der Waals surface area (Å²) < 4.78 is 28.3. The molecule has 3 rings (SSSR count). The van der Waals surface area contributed by atoms with E-state index >= 15 is 0 Å². The third kappa shape index (κ3) is 7.17. The summed E-state index contributed by atoms with van der Waals surface area (Å²) in [5.41, 5.74) is 0.241. The minimum atomic E-state index is -3.70. The smallest absolute Gasteiger partial charge is 0.252 e. The van der Waals surface area contributed by atoms with E-state index in [4.69, 9.17) is 0 Å². The molecule has 1 aromatic heterocycles. The van der Waals surface area contributed by atoms with Crippen molar-refractivity contribution in [3.05, 3.63) is 40.2 Å². The number of amides is 1. The maximum absolute atomic E-state index is 13.4. The second kappa shape index (κ2) is 12.3. The summed E-state index contributed by atoms with van der Waals surface area (Å²) in [6, 6.07) is 5.79. The zero-order valence-corrected chi connectivity index (χ0v) is 23.2. The number of sulfonamides is 1. The van der Waals surface area contributed by atoms with Gasteiger partial charge in [0.25, 0.3) is 5.91 Å². The summed E-state index contributed by atoms with van der Waals surface area (Å²) in [4.78, 5) is 30.6. The summed E-state index contributed by atoms with van der Waals surface area (Å²) in [5.74, 6) is 0.768. The Morgan fingerprint density at radius 3 is 2.47 bits per heavy atom. The molecule has 1 saturated heterocycles. The van der Waals surface area contributed by atoms with E-state index in [0.29, 0.717) is 35.8 Å². The third-order valence-corrected chi connectivity index (χ3v) is 8.60. The van der Waals surface area contributed by atoms with Gasteiger partial charge < -0.3 is 15.2 Å². The molecule has 2 N–H and O–H groups in total. The van der Waals surface area contributed by atoms with Gasteiger partial charge in [-0.15, -0.1) is 0 Å². The number of pyridine rings is 1. The van der Waals surface area contributed by atoms with E-state index < -0.39 is 15.6 Å². The summed E-state index contributed by atoms with van der Waals surface area (Å²) in [6.07, 6.45) is 3.48. The van der Waals surface area contributed by atoms with Crippen LogP contribution in [0.1, 0.15) is 70.7 Å². The van der Waals surface area contributed by atoms with Crippen molar-refractivity contribution in [1.29, 1.82) is 0 Å². The topological polar surface area (TPSA) is 103 Å². The molecule has 2 heterocycles. The van der Waals surface area contributed by atoms with Crippen LogP contribution in [0.3, 0.4) is 0 Å². The third-order valence-electron chi connectivity index (χ3n) is 6.59. The minimum Gasteiger partial charge on any atom is -0.352 e. The summed E-state index contributed by atoms with van der Waals surface area (Å²) in [7, 11) is -3.70. The fourth-order valence-electron chi connectivity index (χ4n) is 5.04. The molecule has 0 saturated carbocycles. The van der Waals surface area contributed by atoms with Crippen molar-refractivity contribution < 1.29 is 13.2 Å². The standard InChI is InChI=1S/C27H42N4O4S/c1-19(2)17-30(18-20(3)4)13-8-12-28-27(33)24-16-26(32)29-25-11-10-22(15-23(24)25)36(34,35)31-14-7-6-9-21(31)5/h10-11,15-16,19-21H,6-9,12-14,17-18H2,1-5H3,(H,28,33)(H,29,32). The molecule has 0 bridgehead atoms. The summed E-state index contributed by atoms with van der Waals surface area (Å²) >= 11 is 0. The van der Waals surface area contributed by atoms with E-state index in [2.05, 4.69) is 42.9 Å². The fraction of sp³-hybridized carbons (Fsp3) is 0.630. The number of carbonyl (C=O) groups is 1. The Balaban J connectivity index is 1.78. The predicted molar refractivity (Wildman–Crippen MR) is 145 cm³/mol. The summed E-state index contributed by atoms with van der Waals surface area (Å²) in [6.45, 7) is 14.6. The molecule has 1 amide bonds. The first-order valence-corrected chi connectivity index (χ1v) is 14.6. The first-order valence-electron chi connectivity index (χ1n) is 13.2. The molecule has 200 valence electrons. The zero-order valence-electron chi connectivity index (χ0n) is 22.3. The van der Waals surface area contributed by atoms with Crippen molar-refractivity contribution in [3.8, 4) is 0 Å². The molecule has 1 aliphatic rings. The molecule has 1 aromatic carbocycles. The molecule has 1 atom stereocenters. The number of aromatic nitrogens is 1. The number of benzene rings is 1. The highest BCUT2D eigenvalue weighted by atomic mass is 32.2. The lowest BCUT2D eigenvalue weighted by molar-refractivity contribution is 0.0952. The zero-order chi connectivity index (χ0) is 26.5. The lowest BCUT2D eigenvalue weighted by Crippen LogP contribution is -2.41. The van der Waals surface area contributed by atoms with Crippen molar-refractivity contribution in [1.82, 2.24) is 19.5 Å². The first-order chi connectivity index (χ1) is 17.0. The predicted octanol–water partition coefficient (Wildman–Crippen LogP) is 3.83. The van der Waals surface area contributed by atoms with Crippen molar-refractivity contribution >= 4 is 26.8 Å². The Labute approximate surface area is 215 Å². The van der Waals surface area contributed by atoms with E-state index in [1.54, 1.807) is 10.4 Å². The van der Waals surface area contributed by atoms with Gasteiger partial charge in [-0.2, -0.15) is 4.31 Å². The van der Waals surface area contributed by atoms with Crippen LogP contribution in [0.4, 0.5) is 0 Å². The van der Waals surface area contributed by atoms with Crippen molar-refractivity contribution in [3.63, 3.8) is 0 Å². The van der Waals surface area contributed by atoms with Gasteiger partial charge >= 0.3 is 0 Å². The van der Waals surface area contributed by atoms with Crippen LogP contribution in [0, 0.1) is 11.8 Å². The minimum absolute atomic E-state index is 0.0660. The number of nitrogens with one attached hydrogen (secondary N) is 2. The Bertz CT molecular complexity index is 1200. The molecule has 0 aliphatic carbocycles. The SMILES string of the molecule is CC(C)CN(CCCNC(=O)c1cc(=O)[nH]c2ccc(S(=O)(=O)N3CCCCC3C)cc12)CC(C)C. The van der Waals surface area contributed by atoms with Gasteiger partial charge in [0, 0.05) is 49.2 Å². The van der Waals surface area contributed by atoms with Gasteiger partial charge in [-0.05, 0) is 62.8 Å². The number of carbonyl (C=O) groups excluding carboxylic acids is 1. The second-order valence-corrected chi connectivity index (χ2v) is 12.8. The molecule has 2 aromatic rings. The average Bonchev–Trinajstić information content (AvgIpc) is 2.80. The molecule has 9 heteroatoms. The van der Waals surface area contributed by atoms with Crippen molar-refractivity contribution in [2.75, 3.05) is 32.7 Å². The van der Waals surface area contributed by atoms with Gasteiger partial charge in [0.05, 0.1) is 10.5 Å². The van der Waals surface area contributed by atoms with Crippen LogP contribution in [0.15, 0.2) is 34.0 Å². The molecule has 1 unspecified atom stereocenters. The van der Waals surface area contributed by atoms with E-state index in [-0.39, 0.29) is 22.4 Å². The number of aromatic amines is 1. The Morgan fingerprint density at radius 1 is 1.14 bits per heavy atom. The largest absolute Gasteiger partial charge is 0.352 e. The number of piperidine rings is 1. The first kappa shape index (κ1) is 28.3. The molecular formula is C27H42N4O4S. The highest BCUT2D eigenvalue weighted by Gasteiger charge is 2.31. The highest BCUT2D eigenvalue weighted by molar-refractivity contribution is 7.89. The molecule has 8 nitrogen and oxygen atoms in total. The quantitative estimate of drug-likeness (QED) is 0.440. The lowest BCUT2D eigenvalue weighted by Gasteiger charge is -2.32. The van der Waals surface area contributed by atoms with Crippen molar-refractivity contribution in [2.24, 2.45) is 11.8 Å². The Morgan fingerprint density at radius 2 is 1.83 bits per heavy atom. The van der Waals surface area contributed by atoms with E-state index in [9.17, 15) is 18.0 Å². The van der Waals surface area contributed by atoms with Gasteiger partial charge in [0.15, 0.2) is 0 Å². The van der Waals surface area contributed by atoms with Crippen LogP contribution in [-0.2, 0) is 10.0 Å². The number of fused-ring (bicyclic) bond motifs is 1. The van der Waals surface area contributed by atoms with Crippen LogP contribution in [0.2, 0.25) is 0 Å². The highest BCUT2D eigenvalue weighted by Crippen LogP contribution is 2.27. The van der Waals surface area contributed by atoms with Crippen LogP contribution in [0.25, 0.3) is 10.9 Å². The molecule has 1 fully saturated rings. The molecule has 0 radical (unpaired) electrons. The normalized spacial score (nSPS) is 17.4. The van der Waals surface area contributed by atoms with Crippen LogP contribution in [0.5, 0.6) is 0 Å².